The minimum absolute atomic E-state index is 0.0210. The zero-order valence-electron chi connectivity index (χ0n) is 15.5. The van der Waals surface area contributed by atoms with E-state index in [4.69, 9.17) is 5.73 Å². The van der Waals surface area contributed by atoms with Crippen LogP contribution < -0.4 is 15.8 Å². The Hall–Kier alpha value is -2.38. The molecule has 1 aliphatic rings. The van der Waals surface area contributed by atoms with Crippen molar-refractivity contribution in [3.8, 4) is 0 Å². The van der Waals surface area contributed by atoms with Gasteiger partial charge in [0.25, 0.3) is 15.9 Å². The van der Waals surface area contributed by atoms with E-state index < -0.39 is 10.0 Å². The minimum Gasteiger partial charge on any atom is -0.348 e. The molecule has 1 aliphatic carbocycles. The van der Waals surface area contributed by atoms with Crippen LogP contribution in [0.2, 0.25) is 0 Å². The molecule has 0 spiro atoms. The zero-order valence-corrected chi connectivity index (χ0v) is 16.3. The lowest BCUT2D eigenvalue weighted by molar-refractivity contribution is 0.0933. The Morgan fingerprint density at radius 1 is 1.11 bits per heavy atom. The van der Waals surface area contributed by atoms with Crippen molar-refractivity contribution in [1.29, 1.82) is 0 Å². The normalized spacial score (nSPS) is 15.2. The van der Waals surface area contributed by atoms with Crippen molar-refractivity contribution in [3.05, 3.63) is 59.2 Å². The molecular weight excluding hydrogens is 362 g/mol. The first-order valence-electron chi connectivity index (χ1n) is 9.01. The van der Waals surface area contributed by atoms with Crippen molar-refractivity contribution in [2.24, 2.45) is 11.7 Å². The molecule has 0 aliphatic heterocycles. The fourth-order valence-electron chi connectivity index (χ4n) is 2.92. The van der Waals surface area contributed by atoms with Crippen LogP contribution in [0.25, 0.3) is 0 Å². The second-order valence-electron chi connectivity index (χ2n) is 7.08. The molecule has 1 fully saturated rings. The van der Waals surface area contributed by atoms with E-state index in [-0.39, 0.29) is 16.8 Å². The van der Waals surface area contributed by atoms with E-state index in [1.807, 2.05) is 19.9 Å². The van der Waals surface area contributed by atoms with E-state index in [0.717, 1.165) is 24.0 Å². The maximum absolute atomic E-state index is 12.6. The third-order valence-corrected chi connectivity index (χ3v) is 6.34. The summed E-state index contributed by atoms with van der Waals surface area (Å²) in [4.78, 5) is 12.4. The van der Waals surface area contributed by atoms with Crippen molar-refractivity contribution in [3.63, 3.8) is 0 Å². The Balaban J connectivity index is 1.71. The predicted octanol–water partition coefficient (Wildman–Crippen LogP) is 2.57. The molecule has 27 heavy (non-hydrogen) atoms. The molecule has 1 unspecified atom stereocenters. The maximum atomic E-state index is 12.6. The molecule has 3 rings (SSSR count). The molecule has 7 heteroatoms. The fraction of sp³-hybridized carbons (Fsp3) is 0.350. The van der Waals surface area contributed by atoms with Crippen LogP contribution >= 0.6 is 0 Å². The van der Waals surface area contributed by atoms with Gasteiger partial charge in [-0.05, 0) is 80.1 Å². The lowest BCUT2D eigenvalue weighted by Crippen LogP contribution is -2.41. The molecule has 0 aromatic heterocycles. The van der Waals surface area contributed by atoms with Crippen molar-refractivity contribution in [2.75, 3.05) is 11.3 Å². The minimum atomic E-state index is -3.72. The standard InChI is InChI=1S/C20H25N3O3S/c1-13-3-8-17(11-14(13)2)23-27(25,26)18-9-6-16(7-10-18)20(24)22-19(12-21)15-4-5-15/h3,6-11,15,19,23H,4-5,12,21H2,1-2H3,(H,22,24). The summed E-state index contributed by atoms with van der Waals surface area (Å²) < 4.78 is 27.7. The van der Waals surface area contributed by atoms with Gasteiger partial charge in [0.15, 0.2) is 0 Å². The van der Waals surface area contributed by atoms with Crippen LogP contribution in [0.5, 0.6) is 0 Å². The van der Waals surface area contributed by atoms with Gasteiger partial charge in [-0.3, -0.25) is 9.52 Å². The molecule has 0 heterocycles. The molecule has 2 aromatic carbocycles. The summed E-state index contributed by atoms with van der Waals surface area (Å²) in [6, 6.07) is 11.3. The first kappa shape index (κ1) is 19.4. The topological polar surface area (TPSA) is 101 Å². The Kier molecular flexibility index (Phi) is 5.53. The highest BCUT2D eigenvalue weighted by atomic mass is 32.2. The van der Waals surface area contributed by atoms with Crippen LogP contribution in [0.4, 0.5) is 5.69 Å². The van der Waals surface area contributed by atoms with Gasteiger partial charge in [0.2, 0.25) is 0 Å². The first-order valence-corrected chi connectivity index (χ1v) is 10.5. The van der Waals surface area contributed by atoms with Crippen LogP contribution in [0.1, 0.15) is 34.3 Å². The van der Waals surface area contributed by atoms with Crippen molar-refractivity contribution >= 4 is 21.6 Å². The highest BCUT2D eigenvalue weighted by Gasteiger charge is 2.31. The number of nitrogens with two attached hydrogens (primary N) is 1. The average molecular weight is 388 g/mol. The van der Waals surface area contributed by atoms with Crippen LogP contribution in [0.15, 0.2) is 47.4 Å². The number of nitrogens with one attached hydrogen (secondary N) is 2. The quantitative estimate of drug-likeness (QED) is 0.679. The molecule has 2 aromatic rings. The number of hydrogen-bond acceptors (Lipinski definition) is 4. The number of amides is 1. The summed E-state index contributed by atoms with van der Waals surface area (Å²) in [6.07, 6.45) is 2.17. The SMILES string of the molecule is Cc1ccc(NS(=O)(=O)c2ccc(C(=O)NC(CN)C3CC3)cc2)cc1C. The highest BCUT2D eigenvalue weighted by molar-refractivity contribution is 7.92. The molecule has 1 saturated carbocycles. The van der Waals surface area contributed by atoms with Gasteiger partial charge in [0, 0.05) is 23.8 Å². The smallest absolute Gasteiger partial charge is 0.261 e. The molecule has 6 nitrogen and oxygen atoms in total. The van der Waals surface area contributed by atoms with E-state index >= 15 is 0 Å². The van der Waals surface area contributed by atoms with Gasteiger partial charge in [0.05, 0.1) is 4.90 Å². The lowest BCUT2D eigenvalue weighted by Gasteiger charge is -2.16. The Labute approximate surface area is 160 Å². The first-order chi connectivity index (χ1) is 12.8. The molecular formula is C20H25N3O3S. The van der Waals surface area contributed by atoms with Crippen molar-refractivity contribution in [2.45, 2.75) is 37.6 Å². The number of aryl methyl sites for hydroxylation is 2. The number of carbonyl (C=O) groups excluding carboxylic acids is 1. The van der Waals surface area contributed by atoms with Crippen LogP contribution in [0, 0.1) is 19.8 Å². The Morgan fingerprint density at radius 2 is 1.78 bits per heavy atom. The number of rotatable bonds is 7. The number of anilines is 1. The van der Waals surface area contributed by atoms with E-state index in [9.17, 15) is 13.2 Å². The Bertz CT molecular complexity index is 935. The largest absolute Gasteiger partial charge is 0.348 e. The fourth-order valence-corrected chi connectivity index (χ4v) is 3.97. The molecule has 144 valence electrons. The molecule has 1 atom stereocenters. The summed E-state index contributed by atoms with van der Waals surface area (Å²) in [6.45, 7) is 4.30. The Morgan fingerprint density at radius 3 is 2.33 bits per heavy atom. The van der Waals surface area contributed by atoms with Gasteiger partial charge in [-0.2, -0.15) is 0 Å². The van der Waals surface area contributed by atoms with E-state index in [0.29, 0.717) is 23.7 Å². The predicted molar refractivity (Wildman–Crippen MR) is 106 cm³/mol. The summed E-state index contributed by atoms with van der Waals surface area (Å²) in [5.41, 5.74) is 8.74. The van der Waals surface area contributed by atoms with Crippen LogP contribution in [-0.4, -0.2) is 26.9 Å². The van der Waals surface area contributed by atoms with Crippen molar-refractivity contribution in [1.82, 2.24) is 5.32 Å². The summed E-state index contributed by atoms with van der Waals surface area (Å²) in [7, 11) is -3.72. The molecule has 0 saturated heterocycles. The molecule has 0 bridgehead atoms. The summed E-state index contributed by atoms with van der Waals surface area (Å²) >= 11 is 0. The highest BCUT2D eigenvalue weighted by Crippen LogP contribution is 2.32. The monoisotopic (exact) mass is 387 g/mol. The van der Waals surface area contributed by atoms with Gasteiger partial charge in [-0.1, -0.05) is 6.07 Å². The number of hydrogen-bond donors (Lipinski definition) is 3. The number of carbonyl (C=O) groups is 1. The van der Waals surface area contributed by atoms with Gasteiger partial charge in [-0.15, -0.1) is 0 Å². The van der Waals surface area contributed by atoms with Gasteiger partial charge < -0.3 is 11.1 Å². The maximum Gasteiger partial charge on any atom is 0.261 e. The van der Waals surface area contributed by atoms with Gasteiger partial charge in [-0.25, -0.2) is 8.42 Å². The van der Waals surface area contributed by atoms with Crippen LogP contribution in [0.3, 0.4) is 0 Å². The lowest BCUT2D eigenvalue weighted by atomic mass is 10.1. The van der Waals surface area contributed by atoms with Gasteiger partial charge >= 0.3 is 0 Å². The third kappa shape index (κ3) is 4.67. The van der Waals surface area contributed by atoms with E-state index in [1.54, 1.807) is 12.1 Å². The molecule has 4 N–H and O–H groups in total. The second kappa shape index (κ2) is 7.70. The number of benzene rings is 2. The summed E-state index contributed by atoms with van der Waals surface area (Å²) in [5, 5.41) is 2.93. The van der Waals surface area contributed by atoms with E-state index in [2.05, 4.69) is 10.0 Å². The van der Waals surface area contributed by atoms with E-state index in [1.165, 1.54) is 24.3 Å². The summed E-state index contributed by atoms with van der Waals surface area (Å²) in [5.74, 6) is 0.226. The average Bonchev–Trinajstić information content (AvgIpc) is 3.47. The number of sulfonamides is 1. The second-order valence-corrected chi connectivity index (χ2v) is 8.76. The van der Waals surface area contributed by atoms with Crippen LogP contribution in [-0.2, 0) is 10.0 Å². The zero-order chi connectivity index (χ0) is 19.6. The third-order valence-electron chi connectivity index (χ3n) is 4.95. The van der Waals surface area contributed by atoms with Crippen molar-refractivity contribution < 1.29 is 13.2 Å². The molecule has 0 radical (unpaired) electrons. The van der Waals surface area contributed by atoms with Gasteiger partial charge in [0.1, 0.15) is 0 Å². The molecule has 1 amide bonds.